The van der Waals surface area contributed by atoms with E-state index in [0.29, 0.717) is 16.9 Å². The lowest BCUT2D eigenvalue weighted by Crippen LogP contribution is -2.27. The largest absolute Gasteiger partial charge is 0.483 e. The molecule has 3 aromatic rings. The molecule has 0 saturated heterocycles. The van der Waals surface area contributed by atoms with E-state index in [1.54, 1.807) is 18.2 Å². The van der Waals surface area contributed by atoms with Gasteiger partial charge in [0, 0.05) is 15.4 Å². The second-order valence-electron chi connectivity index (χ2n) is 6.38. The summed E-state index contributed by atoms with van der Waals surface area (Å²) in [7, 11) is 0. The predicted molar refractivity (Wildman–Crippen MR) is 97.5 cm³/mol. The number of rotatable bonds is 2. The minimum atomic E-state index is -0.344. The zero-order chi connectivity index (χ0) is 16.9. The molecule has 0 saturated carbocycles. The normalized spacial score (nSPS) is 15.1. The summed E-state index contributed by atoms with van der Waals surface area (Å²) in [6.07, 6.45) is 3.99. The lowest BCUT2D eigenvalue weighted by Gasteiger charge is -2.27. The van der Waals surface area contributed by atoms with Crippen molar-refractivity contribution in [2.45, 2.75) is 19.4 Å². The van der Waals surface area contributed by atoms with Gasteiger partial charge in [-0.25, -0.2) is 0 Å². The van der Waals surface area contributed by atoms with Gasteiger partial charge >= 0.3 is 0 Å². The Hall–Kier alpha value is -2.33. The second kappa shape index (κ2) is 5.35. The fourth-order valence-corrected chi connectivity index (χ4v) is 3.07. The molecule has 3 nitrogen and oxygen atoms in total. The number of benzene rings is 2. The number of hydrogen-bond acceptors (Lipinski definition) is 3. The number of halogens is 1. The van der Waals surface area contributed by atoms with Crippen LogP contribution in [0.3, 0.4) is 0 Å². The maximum Gasteiger partial charge on any atom is 0.228 e. The van der Waals surface area contributed by atoms with Gasteiger partial charge in [0.15, 0.2) is 5.76 Å². The summed E-state index contributed by atoms with van der Waals surface area (Å²) in [5, 5.41) is 0.891. The van der Waals surface area contributed by atoms with E-state index in [2.05, 4.69) is 15.9 Å². The Balaban J connectivity index is 1.79. The molecular weight excluding hydrogens is 368 g/mol. The standard InChI is InChI=1S/C20H15BrO3/c1-20(2)10-9-15-16(24-20)8-5-13-11-17(23-19(13)15)18(22)12-3-6-14(21)7-4-12/h3-11H,1-2H3. The SMILES string of the molecule is CC1(C)C=Cc2c(ccc3cc(C(=O)c4ccc(Br)cc4)oc23)O1. The van der Waals surface area contributed by atoms with Crippen molar-refractivity contribution in [1.29, 1.82) is 0 Å². The highest BCUT2D eigenvalue weighted by molar-refractivity contribution is 9.10. The van der Waals surface area contributed by atoms with Gasteiger partial charge in [-0.15, -0.1) is 0 Å². The van der Waals surface area contributed by atoms with E-state index >= 15 is 0 Å². The first-order valence-corrected chi connectivity index (χ1v) is 8.47. The number of ether oxygens (including phenoxy) is 1. The highest BCUT2D eigenvalue weighted by Gasteiger charge is 2.25. The molecule has 24 heavy (non-hydrogen) atoms. The fourth-order valence-electron chi connectivity index (χ4n) is 2.81. The predicted octanol–water partition coefficient (Wildman–Crippen LogP) is 5.61. The molecule has 0 aliphatic carbocycles. The fraction of sp³-hybridized carbons (Fsp3) is 0.150. The molecule has 0 amide bonds. The van der Waals surface area contributed by atoms with Crippen molar-refractivity contribution in [3.05, 3.63) is 69.9 Å². The molecule has 0 bridgehead atoms. The van der Waals surface area contributed by atoms with Crippen molar-refractivity contribution in [3.63, 3.8) is 0 Å². The molecule has 4 heteroatoms. The van der Waals surface area contributed by atoms with E-state index in [1.165, 1.54) is 0 Å². The third-order valence-corrected chi connectivity index (χ3v) is 4.57. The first-order chi connectivity index (χ1) is 11.4. The van der Waals surface area contributed by atoms with Crippen LogP contribution in [0, 0.1) is 0 Å². The van der Waals surface area contributed by atoms with Crippen LogP contribution >= 0.6 is 15.9 Å². The smallest absolute Gasteiger partial charge is 0.228 e. The zero-order valence-electron chi connectivity index (χ0n) is 13.3. The van der Waals surface area contributed by atoms with Gasteiger partial charge in [-0.2, -0.15) is 0 Å². The number of carbonyl (C=O) groups is 1. The Kier molecular flexibility index (Phi) is 3.39. The van der Waals surface area contributed by atoms with Gasteiger partial charge in [-0.05, 0) is 68.5 Å². The Morgan fingerprint density at radius 1 is 1.08 bits per heavy atom. The maximum atomic E-state index is 12.6. The third kappa shape index (κ3) is 2.57. The molecule has 0 spiro atoms. The second-order valence-corrected chi connectivity index (χ2v) is 7.30. The molecule has 4 rings (SSSR count). The topological polar surface area (TPSA) is 39.4 Å². The number of hydrogen-bond donors (Lipinski definition) is 0. The Morgan fingerprint density at radius 3 is 2.58 bits per heavy atom. The van der Waals surface area contributed by atoms with Crippen molar-refractivity contribution in [1.82, 2.24) is 0 Å². The lowest BCUT2D eigenvalue weighted by atomic mass is 10.0. The molecule has 1 aromatic heterocycles. The van der Waals surface area contributed by atoms with Gasteiger partial charge in [0.05, 0.1) is 5.56 Å². The van der Waals surface area contributed by atoms with Crippen LogP contribution < -0.4 is 4.74 Å². The maximum absolute atomic E-state index is 12.6. The lowest BCUT2D eigenvalue weighted by molar-refractivity contribution is 0.101. The Bertz CT molecular complexity index is 978. The summed E-state index contributed by atoms with van der Waals surface area (Å²) in [5.74, 6) is 0.972. The van der Waals surface area contributed by atoms with E-state index in [9.17, 15) is 4.79 Å². The molecule has 0 atom stereocenters. The zero-order valence-corrected chi connectivity index (χ0v) is 14.9. The van der Waals surface area contributed by atoms with Crippen LogP contribution in [0.5, 0.6) is 5.75 Å². The van der Waals surface area contributed by atoms with Crippen molar-refractivity contribution >= 4 is 38.8 Å². The number of carbonyl (C=O) groups excluding carboxylic acids is 1. The van der Waals surface area contributed by atoms with Crippen LogP contribution in [0.25, 0.3) is 17.0 Å². The van der Waals surface area contributed by atoms with Crippen molar-refractivity contribution in [3.8, 4) is 5.75 Å². The first kappa shape index (κ1) is 15.2. The molecule has 1 aliphatic rings. The highest BCUT2D eigenvalue weighted by Crippen LogP contribution is 2.37. The molecule has 1 aliphatic heterocycles. The van der Waals surface area contributed by atoms with Crippen molar-refractivity contribution < 1.29 is 13.9 Å². The summed E-state index contributed by atoms with van der Waals surface area (Å²) in [5.41, 5.74) is 1.81. The average Bonchev–Trinajstić information content (AvgIpc) is 2.98. The minimum Gasteiger partial charge on any atom is -0.483 e. The minimum absolute atomic E-state index is 0.131. The summed E-state index contributed by atoms with van der Waals surface area (Å²) in [4.78, 5) is 12.6. The molecule has 2 heterocycles. The van der Waals surface area contributed by atoms with Crippen LogP contribution in [-0.2, 0) is 0 Å². The average molecular weight is 383 g/mol. The molecule has 0 fully saturated rings. The van der Waals surface area contributed by atoms with Crippen LogP contribution in [0.1, 0.15) is 35.5 Å². The monoisotopic (exact) mass is 382 g/mol. The van der Waals surface area contributed by atoms with E-state index in [0.717, 1.165) is 21.2 Å². The summed E-state index contributed by atoms with van der Waals surface area (Å²) in [6, 6.07) is 12.9. The van der Waals surface area contributed by atoms with Crippen LogP contribution in [0.15, 0.2) is 57.4 Å². The molecule has 2 aromatic carbocycles. The van der Waals surface area contributed by atoms with E-state index in [-0.39, 0.29) is 11.4 Å². The van der Waals surface area contributed by atoms with E-state index in [1.807, 2.05) is 50.3 Å². The number of ketones is 1. The van der Waals surface area contributed by atoms with E-state index < -0.39 is 0 Å². The van der Waals surface area contributed by atoms with Gasteiger partial charge in [-0.3, -0.25) is 4.79 Å². The molecule has 0 unspecified atom stereocenters. The van der Waals surface area contributed by atoms with Gasteiger partial charge in [0.25, 0.3) is 0 Å². The molecular formula is C20H15BrO3. The van der Waals surface area contributed by atoms with Crippen LogP contribution in [0.2, 0.25) is 0 Å². The van der Waals surface area contributed by atoms with Gasteiger partial charge in [-0.1, -0.05) is 15.9 Å². The van der Waals surface area contributed by atoms with Crippen LogP contribution in [0.4, 0.5) is 0 Å². The van der Waals surface area contributed by atoms with Crippen LogP contribution in [-0.4, -0.2) is 11.4 Å². The molecule has 0 radical (unpaired) electrons. The van der Waals surface area contributed by atoms with Gasteiger partial charge < -0.3 is 9.15 Å². The number of fused-ring (bicyclic) bond motifs is 3. The van der Waals surface area contributed by atoms with Gasteiger partial charge in [0.1, 0.15) is 16.9 Å². The summed E-state index contributed by atoms with van der Waals surface area (Å²) in [6.45, 7) is 4.00. The van der Waals surface area contributed by atoms with Crippen molar-refractivity contribution in [2.24, 2.45) is 0 Å². The molecule has 0 N–H and O–H groups in total. The first-order valence-electron chi connectivity index (χ1n) is 7.68. The summed E-state index contributed by atoms with van der Waals surface area (Å²) >= 11 is 3.37. The third-order valence-electron chi connectivity index (χ3n) is 4.04. The highest BCUT2D eigenvalue weighted by atomic mass is 79.9. The van der Waals surface area contributed by atoms with E-state index in [4.69, 9.17) is 9.15 Å². The number of furan rings is 1. The van der Waals surface area contributed by atoms with Crippen molar-refractivity contribution in [2.75, 3.05) is 0 Å². The Labute approximate surface area is 148 Å². The quantitative estimate of drug-likeness (QED) is 0.540. The summed E-state index contributed by atoms with van der Waals surface area (Å²) < 4.78 is 12.8. The molecule has 120 valence electrons. The van der Waals surface area contributed by atoms with Gasteiger partial charge in [0.2, 0.25) is 5.78 Å². The Morgan fingerprint density at radius 2 is 1.83 bits per heavy atom.